The van der Waals surface area contributed by atoms with E-state index in [1.807, 2.05) is 25.1 Å². The number of allylic oxidation sites excluding steroid dienone is 1. The number of nitrogens with zero attached hydrogens (tertiary/aromatic N) is 3. The van der Waals surface area contributed by atoms with Crippen molar-refractivity contribution in [2.75, 3.05) is 51.3 Å². The molecule has 4 aliphatic heterocycles. The van der Waals surface area contributed by atoms with E-state index < -0.39 is 26.8 Å². The molecule has 2 aromatic carbocycles. The van der Waals surface area contributed by atoms with Crippen LogP contribution >= 0.6 is 11.6 Å². The zero-order chi connectivity index (χ0) is 37.4. The molecule has 2 bridgehead atoms. The second kappa shape index (κ2) is 15.3. The minimum atomic E-state index is -3.97. The van der Waals surface area contributed by atoms with Crippen LogP contribution in [0.1, 0.15) is 73.9 Å². The van der Waals surface area contributed by atoms with Crippen LogP contribution in [0, 0.1) is 17.8 Å². The van der Waals surface area contributed by atoms with Gasteiger partial charge in [-0.25, -0.2) is 13.1 Å². The van der Waals surface area contributed by atoms with Crippen LogP contribution in [-0.2, 0) is 31.4 Å². The predicted octanol–water partition coefficient (Wildman–Crippen LogP) is 6.17. The van der Waals surface area contributed by atoms with Gasteiger partial charge in [0.25, 0.3) is 5.91 Å². The highest BCUT2D eigenvalue weighted by molar-refractivity contribution is 7.90. The van der Waals surface area contributed by atoms with E-state index in [0.717, 1.165) is 70.1 Å². The van der Waals surface area contributed by atoms with Crippen LogP contribution in [0.25, 0.3) is 0 Å². The number of rotatable bonds is 2. The number of hydrogen-bond acceptors (Lipinski definition) is 10. The Kier molecular flexibility index (Phi) is 10.9. The van der Waals surface area contributed by atoms with Gasteiger partial charge in [-0.3, -0.25) is 9.59 Å². The molecule has 6 atom stereocenters. The number of aldehydes is 1. The van der Waals surface area contributed by atoms with Crippen molar-refractivity contribution < 1.29 is 27.5 Å². The summed E-state index contributed by atoms with van der Waals surface area (Å²) >= 11 is 6.40. The third-order valence-corrected chi connectivity index (χ3v) is 14.6. The van der Waals surface area contributed by atoms with Crippen LogP contribution in [0.15, 0.2) is 70.0 Å². The number of anilines is 1. The summed E-state index contributed by atoms with van der Waals surface area (Å²) in [6, 6.07) is 11.3. The Morgan fingerprint density at radius 1 is 1.13 bits per heavy atom. The van der Waals surface area contributed by atoms with Crippen LogP contribution < -0.4 is 19.7 Å². The van der Waals surface area contributed by atoms with Gasteiger partial charge in [-0.1, -0.05) is 30.7 Å². The highest BCUT2D eigenvalue weighted by Crippen LogP contribution is 2.48. The largest absolute Gasteiger partial charge is 0.490 e. The molecular weight excluding hydrogens is 714 g/mol. The number of sulfonamides is 1. The van der Waals surface area contributed by atoms with Crippen molar-refractivity contribution in [3.8, 4) is 5.75 Å². The van der Waals surface area contributed by atoms with Gasteiger partial charge in [0.1, 0.15) is 11.4 Å². The average Bonchev–Trinajstić information content (AvgIpc) is 3.57. The molecule has 0 unspecified atom stereocenters. The number of amides is 1. The number of hydrogen-bond donors (Lipinski definition) is 2. The van der Waals surface area contributed by atoms with E-state index in [4.69, 9.17) is 21.1 Å². The molecule has 13 heteroatoms. The van der Waals surface area contributed by atoms with Crippen molar-refractivity contribution in [1.82, 2.24) is 10.0 Å². The standard InChI is InChI=1S/C34H41ClN2O6S.C6H9N3/c1-22-6-4-15-34(20-38,42-3)29-11-8-26(29)18-37-19-33(14-5-7-24-16-27(35)10-12-28(24)33)21-43-31-13-9-25(17-30(31)37)32(39)36-44(40,41)23(22)2;1-2-7-4-6-5(1)3-8-9-6/h4,9-10,12-13,15-17,20,22-23,26,29H,5-8,11,14,18-19,21H2,1-3H3,(H,36,39);7H,1-4H2/b15-4+;/t22-,23+,26-,29+,33-,34+;/m0./s1. The number of ether oxygens (including phenoxy) is 2. The van der Waals surface area contributed by atoms with E-state index in [1.54, 1.807) is 32.2 Å². The summed E-state index contributed by atoms with van der Waals surface area (Å²) in [6.45, 7) is 8.06. The van der Waals surface area contributed by atoms with E-state index in [2.05, 4.69) is 37.3 Å². The Hall–Kier alpha value is -3.58. The number of carbonyl (C=O) groups excluding carboxylic acids is 2. The van der Waals surface area contributed by atoms with Crippen molar-refractivity contribution in [2.24, 2.45) is 28.0 Å². The van der Waals surface area contributed by atoms with Crippen molar-refractivity contribution in [3.05, 3.63) is 81.5 Å². The summed E-state index contributed by atoms with van der Waals surface area (Å²) in [6.07, 6.45) is 10.8. The Morgan fingerprint density at radius 2 is 1.98 bits per heavy atom. The maximum atomic E-state index is 13.4. The molecule has 0 aromatic heterocycles. The second-order valence-corrected chi connectivity index (χ2v) is 18.1. The first kappa shape index (κ1) is 37.7. The molecule has 53 heavy (non-hydrogen) atoms. The SMILES string of the molecule is C1CC2=C(CN1)N=NC2.CO[C@@]1(C=O)/C=C/C[C@H](C)[C@@H](C)S(=O)(=O)NC(=O)c2ccc3c(c2)N(C[C@@H]2CC[C@H]21)C[C@@]1(CCCc2cc(Cl)ccc21)CO3. The molecule has 0 saturated heterocycles. The van der Waals surface area contributed by atoms with Gasteiger partial charge in [-0.15, -0.1) is 0 Å². The fourth-order valence-corrected chi connectivity index (χ4v) is 10.4. The summed E-state index contributed by atoms with van der Waals surface area (Å²) in [5, 5.41) is 11.1. The van der Waals surface area contributed by atoms with Crippen LogP contribution in [-0.4, -0.2) is 77.9 Å². The van der Waals surface area contributed by atoms with Gasteiger partial charge in [-0.05, 0) is 123 Å². The lowest BCUT2D eigenvalue weighted by molar-refractivity contribution is -0.135. The van der Waals surface area contributed by atoms with Crippen LogP contribution in [0.2, 0.25) is 5.02 Å². The first-order valence-corrected chi connectivity index (χ1v) is 20.7. The first-order valence-electron chi connectivity index (χ1n) is 18.8. The van der Waals surface area contributed by atoms with Crippen LogP contribution in [0.4, 0.5) is 5.69 Å². The van der Waals surface area contributed by atoms with Crippen molar-refractivity contribution in [2.45, 2.75) is 75.1 Å². The lowest BCUT2D eigenvalue weighted by Crippen LogP contribution is -2.53. The molecule has 2 N–H and O–H groups in total. The van der Waals surface area contributed by atoms with Gasteiger partial charge < -0.3 is 19.7 Å². The van der Waals surface area contributed by atoms with Gasteiger partial charge in [0.05, 0.1) is 29.8 Å². The first-order chi connectivity index (χ1) is 25.5. The molecule has 2 aliphatic carbocycles. The zero-order valence-electron chi connectivity index (χ0n) is 30.8. The maximum absolute atomic E-state index is 13.4. The molecule has 1 saturated carbocycles. The van der Waals surface area contributed by atoms with Gasteiger partial charge >= 0.3 is 0 Å². The third kappa shape index (κ3) is 7.44. The average molecular weight is 764 g/mol. The van der Waals surface area contributed by atoms with Crippen LogP contribution in [0.5, 0.6) is 5.75 Å². The molecule has 1 amide bonds. The minimum Gasteiger partial charge on any atom is -0.490 e. The van der Waals surface area contributed by atoms with Crippen LogP contribution in [0.3, 0.4) is 0 Å². The monoisotopic (exact) mass is 763 g/mol. The molecule has 1 spiro atoms. The molecule has 4 heterocycles. The van der Waals surface area contributed by atoms with E-state index in [-0.39, 0.29) is 28.7 Å². The number of benzene rings is 2. The Morgan fingerprint density at radius 3 is 2.74 bits per heavy atom. The third-order valence-electron chi connectivity index (χ3n) is 12.5. The Bertz CT molecular complexity index is 1950. The lowest BCUT2D eigenvalue weighted by atomic mass is 9.64. The molecule has 284 valence electrons. The Balaban J connectivity index is 0.000000418. The lowest BCUT2D eigenvalue weighted by Gasteiger charge is -2.48. The fraction of sp³-hybridized carbons (Fsp3) is 0.550. The number of aryl methyl sites for hydroxylation is 1. The zero-order valence-corrected chi connectivity index (χ0v) is 32.3. The van der Waals surface area contributed by atoms with Gasteiger partial charge in [0, 0.05) is 48.7 Å². The van der Waals surface area contributed by atoms with E-state index in [9.17, 15) is 18.0 Å². The molecule has 6 aliphatic rings. The van der Waals surface area contributed by atoms with Crippen molar-refractivity contribution in [3.63, 3.8) is 0 Å². The Labute approximate surface area is 317 Å². The molecular formula is C40H50ClN5O6S. The second-order valence-electron chi connectivity index (χ2n) is 15.6. The van der Waals surface area contributed by atoms with Crippen molar-refractivity contribution >= 4 is 39.5 Å². The minimum absolute atomic E-state index is 0.0434. The van der Waals surface area contributed by atoms with Gasteiger partial charge in [0.15, 0.2) is 6.29 Å². The molecule has 2 aromatic rings. The number of azo groups is 1. The maximum Gasteiger partial charge on any atom is 0.264 e. The summed E-state index contributed by atoms with van der Waals surface area (Å²) in [7, 11) is -2.41. The normalized spacial score (nSPS) is 32.4. The van der Waals surface area contributed by atoms with Crippen molar-refractivity contribution in [1.29, 1.82) is 0 Å². The molecule has 8 rings (SSSR count). The smallest absolute Gasteiger partial charge is 0.264 e. The van der Waals surface area contributed by atoms with E-state index in [1.165, 1.54) is 22.4 Å². The highest BCUT2D eigenvalue weighted by Gasteiger charge is 2.49. The number of fused-ring (bicyclic) bond motifs is 4. The molecule has 11 nitrogen and oxygen atoms in total. The summed E-state index contributed by atoms with van der Waals surface area (Å²) in [4.78, 5) is 28.4. The fourth-order valence-electron chi connectivity index (χ4n) is 8.88. The summed E-state index contributed by atoms with van der Waals surface area (Å²) in [5.41, 5.74) is 4.67. The summed E-state index contributed by atoms with van der Waals surface area (Å²) in [5.74, 6) is -0.203. The predicted molar refractivity (Wildman–Crippen MR) is 205 cm³/mol. The summed E-state index contributed by atoms with van der Waals surface area (Å²) < 4.78 is 41.3. The van der Waals surface area contributed by atoms with E-state index >= 15 is 0 Å². The number of halogens is 1. The topological polar surface area (TPSA) is 139 Å². The van der Waals surface area contributed by atoms with Gasteiger partial charge in [0.2, 0.25) is 10.0 Å². The number of carbonyl (C=O) groups is 2. The number of methoxy groups -OCH3 is 1. The number of nitrogens with one attached hydrogen (secondary N) is 2. The molecule has 1 fully saturated rings. The highest BCUT2D eigenvalue weighted by atomic mass is 35.5. The molecule has 0 radical (unpaired) electrons. The van der Waals surface area contributed by atoms with Gasteiger partial charge in [-0.2, -0.15) is 10.2 Å². The quantitative estimate of drug-likeness (QED) is 0.274. The van der Waals surface area contributed by atoms with E-state index in [0.29, 0.717) is 36.9 Å².